The summed E-state index contributed by atoms with van der Waals surface area (Å²) in [6.07, 6.45) is 0. The molecule has 0 aliphatic rings. The number of phenols is 1. The predicted octanol–water partition coefficient (Wildman–Crippen LogP) is 2.27. The molecule has 0 atom stereocenters. The number of nitrogens with one attached hydrogen (secondary N) is 1. The van der Waals surface area contributed by atoms with Gasteiger partial charge in [-0.05, 0) is 24.3 Å². The number of hydrogen-bond donors (Lipinski definition) is 3. The van der Waals surface area contributed by atoms with Crippen LogP contribution in [0.4, 0.5) is 21.5 Å². The van der Waals surface area contributed by atoms with E-state index in [9.17, 15) is 24.4 Å². The Kier molecular flexibility index (Phi) is 3.70. The SMILES string of the molecule is Nc1cc(F)ccc1C(=O)Nc1cc([N+](=O)[O-])ccc1O. The van der Waals surface area contributed by atoms with Gasteiger partial charge in [0.05, 0.1) is 16.2 Å². The molecule has 2 aromatic rings. The maximum Gasteiger partial charge on any atom is 0.271 e. The molecule has 0 bridgehead atoms. The summed E-state index contributed by atoms with van der Waals surface area (Å²) in [5.74, 6) is -1.65. The Balaban J connectivity index is 2.31. The largest absolute Gasteiger partial charge is 0.506 e. The molecule has 0 unspecified atom stereocenters. The minimum absolute atomic E-state index is 0.0118. The lowest BCUT2D eigenvalue weighted by Crippen LogP contribution is -2.14. The minimum atomic E-state index is -0.719. The number of carbonyl (C=O) groups excluding carboxylic acids is 1. The number of hydrogen-bond acceptors (Lipinski definition) is 5. The fourth-order valence-electron chi connectivity index (χ4n) is 1.67. The number of anilines is 2. The lowest BCUT2D eigenvalue weighted by atomic mass is 10.1. The van der Waals surface area contributed by atoms with Crippen LogP contribution in [0.2, 0.25) is 0 Å². The number of halogens is 1. The van der Waals surface area contributed by atoms with Crippen molar-refractivity contribution in [2.75, 3.05) is 11.1 Å². The third-order valence-electron chi connectivity index (χ3n) is 2.70. The van der Waals surface area contributed by atoms with Gasteiger partial charge in [0.15, 0.2) is 0 Å². The molecule has 0 aromatic heterocycles. The van der Waals surface area contributed by atoms with E-state index in [4.69, 9.17) is 5.73 Å². The Morgan fingerprint density at radius 2 is 2.00 bits per heavy atom. The van der Waals surface area contributed by atoms with Crippen molar-refractivity contribution in [3.05, 3.63) is 57.9 Å². The highest BCUT2D eigenvalue weighted by molar-refractivity contribution is 6.08. The van der Waals surface area contributed by atoms with E-state index >= 15 is 0 Å². The van der Waals surface area contributed by atoms with Gasteiger partial charge in [0.25, 0.3) is 11.6 Å². The number of nitrogens with zero attached hydrogens (tertiary/aromatic N) is 1. The van der Waals surface area contributed by atoms with E-state index in [1.54, 1.807) is 0 Å². The van der Waals surface area contributed by atoms with Crippen LogP contribution in [0, 0.1) is 15.9 Å². The molecule has 0 heterocycles. The maximum absolute atomic E-state index is 12.9. The maximum atomic E-state index is 12.9. The first kappa shape index (κ1) is 14.3. The first-order valence-electron chi connectivity index (χ1n) is 5.72. The smallest absolute Gasteiger partial charge is 0.271 e. The van der Waals surface area contributed by atoms with Gasteiger partial charge in [0.1, 0.15) is 11.6 Å². The van der Waals surface area contributed by atoms with Crippen LogP contribution in [0.15, 0.2) is 36.4 Å². The molecule has 2 aromatic carbocycles. The van der Waals surface area contributed by atoms with E-state index < -0.39 is 16.6 Å². The number of nitro benzene ring substituents is 1. The van der Waals surface area contributed by atoms with E-state index in [-0.39, 0.29) is 28.4 Å². The Morgan fingerprint density at radius 3 is 2.62 bits per heavy atom. The molecule has 4 N–H and O–H groups in total. The molecule has 8 heteroatoms. The Labute approximate surface area is 118 Å². The number of nitro groups is 1. The van der Waals surface area contributed by atoms with Gasteiger partial charge in [-0.25, -0.2) is 4.39 Å². The minimum Gasteiger partial charge on any atom is -0.506 e. The van der Waals surface area contributed by atoms with Gasteiger partial charge >= 0.3 is 0 Å². The average Bonchev–Trinajstić information content (AvgIpc) is 2.40. The molecular formula is C13H10FN3O4. The van der Waals surface area contributed by atoms with Crippen molar-refractivity contribution in [1.29, 1.82) is 0 Å². The third-order valence-corrected chi connectivity index (χ3v) is 2.70. The van der Waals surface area contributed by atoms with E-state index in [1.165, 1.54) is 6.07 Å². The first-order chi connectivity index (χ1) is 9.88. The van der Waals surface area contributed by atoms with Crippen LogP contribution >= 0.6 is 0 Å². The second-order valence-electron chi connectivity index (χ2n) is 4.14. The second-order valence-corrected chi connectivity index (χ2v) is 4.14. The van der Waals surface area contributed by atoms with Gasteiger partial charge in [-0.1, -0.05) is 0 Å². The lowest BCUT2D eigenvalue weighted by Gasteiger charge is -2.09. The Hall–Kier alpha value is -3.16. The summed E-state index contributed by atoms with van der Waals surface area (Å²) < 4.78 is 12.9. The van der Waals surface area contributed by atoms with Crippen molar-refractivity contribution < 1.29 is 19.2 Å². The highest BCUT2D eigenvalue weighted by Crippen LogP contribution is 2.28. The molecule has 0 saturated heterocycles. The van der Waals surface area contributed by atoms with Crippen LogP contribution < -0.4 is 11.1 Å². The van der Waals surface area contributed by atoms with Crippen molar-refractivity contribution >= 4 is 23.0 Å². The molecule has 0 radical (unpaired) electrons. The highest BCUT2D eigenvalue weighted by Gasteiger charge is 2.15. The van der Waals surface area contributed by atoms with Gasteiger partial charge in [0.2, 0.25) is 0 Å². The third kappa shape index (κ3) is 3.06. The van der Waals surface area contributed by atoms with Crippen LogP contribution in [-0.4, -0.2) is 15.9 Å². The van der Waals surface area contributed by atoms with Crippen molar-refractivity contribution in [1.82, 2.24) is 0 Å². The quantitative estimate of drug-likeness (QED) is 0.347. The molecule has 108 valence electrons. The zero-order chi connectivity index (χ0) is 15.6. The summed E-state index contributed by atoms with van der Waals surface area (Å²) in [7, 11) is 0. The van der Waals surface area contributed by atoms with Crippen molar-refractivity contribution in [2.24, 2.45) is 0 Å². The molecule has 2 rings (SSSR count). The van der Waals surface area contributed by atoms with Crippen LogP contribution in [-0.2, 0) is 0 Å². The van der Waals surface area contributed by atoms with E-state index in [0.29, 0.717) is 0 Å². The fraction of sp³-hybridized carbons (Fsp3) is 0. The number of rotatable bonds is 3. The summed E-state index contributed by atoms with van der Waals surface area (Å²) in [6.45, 7) is 0. The van der Waals surface area contributed by atoms with E-state index in [0.717, 1.165) is 30.3 Å². The number of carbonyl (C=O) groups is 1. The summed E-state index contributed by atoms with van der Waals surface area (Å²) >= 11 is 0. The zero-order valence-corrected chi connectivity index (χ0v) is 10.5. The molecule has 21 heavy (non-hydrogen) atoms. The number of nitrogens with two attached hydrogens (primary N) is 1. The predicted molar refractivity (Wildman–Crippen MR) is 73.5 cm³/mol. The number of nitrogen functional groups attached to an aromatic ring is 1. The van der Waals surface area contributed by atoms with Gasteiger partial charge in [0, 0.05) is 17.8 Å². The number of phenolic OH excluding ortho intramolecular Hbond substituents is 1. The van der Waals surface area contributed by atoms with Crippen LogP contribution in [0.25, 0.3) is 0 Å². The van der Waals surface area contributed by atoms with Gasteiger partial charge in [-0.15, -0.1) is 0 Å². The van der Waals surface area contributed by atoms with Crippen molar-refractivity contribution in [2.45, 2.75) is 0 Å². The summed E-state index contributed by atoms with van der Waals surface area (Å²) in [4.78, 5) is 22.0. The topological polar surface area (TPSA) is 118 Å². The molecule has 0 saturated carbocycles. The van der Waals surface area contributed by atoms with Gasteiger partial charge in [-0.3, -0.25) is 14.9 Å². The molecule has 0 spiro atoms. The Morgan fingerprint density at radius 1 is 1.29 bits per heavy atom. The number of benzene rings is 2. The van der Waals surface area contributed by atoms with Crippen LogP contribution in [0.1, 0.15) is 10.4 Å². The van der Waals surface area contributed by atoms with Crippen molar-refractivity contribution in [3.8, 4) is 5.75 Å². The Bertz CT molecular complexity index is 733. The second kappa shape index (κ2) is 5.45. The first-order valence-corrected chi connectivity index (χ1v) is 5.72. The number of aromatic hydroxyl groups is 1. The molecule has 7 nitrogen and oxygen atoms in total. The average molecular weight is 291 g/mol. The van der Waals surface area contributed by atoms with Crippen molar-refractivity contribution in [3.63, 3.8) is 0 Å². The highest BCUT2D eigenvalue weighted by atomic mass is 19.1. The van der Waals surface area contributed by atoms with Crippen LogP contribution in [0.3, 0.4) is 0 Å². The molecule has 0 fully saturated rings. The number of amides is 1. The molecular weight excluding hydrogens is 281 g/mol. The van der Waals surface area contributed by atoms with Gasteiger partial charge < -0.3 is 16.2 Å². The summed E-state index contributed by atoms with van der Waals surface area (Å²) in [5, 5.41) is 22.5. The monoisotopic (exact) mass is 291 g/mol. The fourth-order valence-corrected chi connectivity index (χ4v) is 1.67. The van der Waals surface area contributed by atoms with E-state index in [1.807, 2.05) is 0 Å². The number of non-ortho nitro benzene ring substituents is 1. The van der Waals surface area contributed by atoms with Crippen LogP contribution in [0.5, 0.6) is 5.75 Å². The molecule has 1 amide bonds. The summed E-state index contributed by atoms with van der Waals surface area (Å²) in [5.41, 5.74) is 4.99. The normalized spacial score (nSPS) is 10.1. The zero-order valence-electron chi connectivity index (χ0n) is 10.5. The summed E-state index contributed by atoms with van der Waals surface area (Å²) in [6, 6.07) is 6.39. The lowest BCUT2D eigenvalue weighted by molar-refractivity contribution is -0.384. The van der Waals surface area contributed by atoms with Gasteiger partial charge in [-0.2, -0.15) is 0 Å². The van der Waals surface area contributed by atoms with E-state index in [2.05, 4.69) is 5.32 Å². The molecule has 0 aliphatic heterocycles. The molecule has 0 aliphatic carbocycles. The standard InChI is InChI=1S/C13H10FN3O4/c14-7-1-3-9(10(15)5-7)13(19)16-11-6-8(17(20)21)2-4-12(11)18/h1-6,18H,15H2,(H,16,19).